The Hall–Kier alpha value is -2.07. The maximum absolute atomic E-state index is 13.4. The molecule has 0 aliphatic carbocycles. The smallest absolute Gasteiger partial charge is 0.257 e. The highest BCUT2D eigenvalue weighted by molar-refractivity contribution is 6.34. The van der Waals surface area contributed by atoms with E-state index in [-0.39, 0.29) is 10.6 Å². The van der Waals surface area contributed by atoms with Crippen LogP contribution in [-0.2, 0) is 6.42 Å². The molecule has 1 amide bonds. The summed E-state index contributed by atoms with van der Waals surface area (Å²) < 4.78 is 13.4. The third kappa shape index (κ3) is 2.85. The first-order valence-electron chi connectivity index (χ1n) is 6.77. The zero-order valence-electron chi connectivity index (χ0n) is 11.2. The van der Waals surface area contributed by atoms with E-state index in [0.717, 1.165) is 25.1 Å². The summed E-state index contributed by atoms with van der Waals surface area (Å²) in [6.07, 6.45) is 2.05. The Morgan fingerprint density at radius 1 is 1.29 bits per heavy atom. The minimum atomic E-state index is -0.598. The van der Waals surface area contributed by atoms with Gasteiger partial charge in [-0.25, -0.2) is 4.39 Å². The van der Waals surface area contributed by atoms with E-state index in [4.69, 9.17) is 11.6 Å². The molecule has 1 aliphatic rings. The molecule has 0 spiro atoms. The largest absolute Gasteiger partial charge is 0.385 e. The summed E-state index contributed by atoms with van der Waals surface area (Å²) in [5, 5.41) is 5.91. The van der Waals surface area contributed by atoms with Crippen molar-refractivity contribution < 1.29 is 9.18 Å². The summed E-state index contributed by atoms with van der Waals surface area (Å²) in [6, 6.07) is 9.89. The second-order valence-corrected chi connectivity index (χ2v) is 5.34. The monoisotopic (exact) mass is 304 g/mol. The van der Waals surface area contributed by atoms with Crippen LogP contribution in [0, 0.1) is 5.82 Å². The van der Waals surface area contributed by atoms with Gasteiger partial charge in [0.1, 0.15) is 5.82 Å². The summed E-state index contributed by atoms with van der Waals surface area (Å²) in [4.78, 5) is 12.2. The summed E-state index contributed by atoms with van der Waals surface area (Å²) >= 11 is 5.82. The van der Waals surface area contributed by atoms with Crippen LogP contribution in [0.3, 0.4) is 0 Å². The first-order chi connectivity index (χ1) is 10.1. The number of anilines is 2. The Kier molecular flexibility index (Phi) is 3.80. The summed E-state index contributed by atoms with van der Waals surface area (Å²) in [6.45, 7) is 0.970. The van der Waals surface area contributed by atoms with Crippen molar-refractivity contribution in [1.82, 2.24) is 0 Å². The van der Waals surface area contributed by atoms with Gasteiger partial charge >= 0.3 is 0 Å². The molecule has 1 aliphatic heterocycles. The van der Waals surface area contributed by atoms with Crippen LogP contribution in [0.1, 0.15) is 22.3 Å². The highest BCUT2D eigenvalue weighted by Crippen LogP contribution is 2.26. The highest BCUT2D eigenvalue weighted by Gasteiger charge is 2.15. The number of carbonyl (C=O) groups is 1. The first-order valence-corrected chi connectivity index (χ1v) is 7.15. The van der Waals surface area contributed by atoms with Crippen molar-refractivity contribution in [2.45, 2.75) is 12.8 Å². The fourth-order valence-electron chi connectivity index (χ4n) is 2.43. The molecule has 0 unspecified atom stereocenters. The third-order valence-corrected chi connectivity index (χ3v) is 3.88. The molecular weight excluding hydrogens is 291 g/mol. The predicted molar refractivity (Wildman–Crippen MR) is 82.6 cm³/mol. The van der Waals surface area contributed by atoms with Gasteiger partial charge in [-0.05, 0) is 48.7 Å². The average molecular weight is 305 g/mol. The highest BCUT2D eigenvalue weighted by atomic mass is 35.5. The van der Waals surface area contributed by atoms with Gasteiger partial charge in [0.25, 0.3) is 5.91 Å². The number of nitrogens with one attached hydrogen (secondary N) is 2. The standard InChI is InChI=1S/C16H14ClFN2O/c17-15-12(4-1-5-13(15)18)16(21)20-11-6-7-14-10(9-11)3-2-8-19-14/h1,4-7,9,19H,2-3,8H2,(H,20,21). The minimum Gasteiger partial charge on any atom is -0.385 e. The fourth-order valence-corrected chi connectivity index (χ4v) is 2.64. The Bertz CT molecular complexity index is 703. The van der Waals surface area contributed by atoms with Gasteiger partial charge in [-0.1, -0.05) is 17.7 Å². The number of aryl methyl sites for hydroxylation is 1. The second kappa shape index (κ2) is 5.74. The van der Waals surface area contributed by atoms with Crippen molar-refractivity contribution in [1.29, 1.82) is 0 Å². The van der Waals surface area contributed by atoms with Crippen molar-refractivity contribution in [3.8, 4) is 0 Å². The Labute approximate surface area is 127 Å². The Balaban J connectivity index is 1.83. The maximum atomic E-state index is 13.4. The van der Waals surface area contributed by atoms with Crippen molar-refractivity contribution in [2.75, 3.05) is 17.2 Å². The van der Waals surface area contributed by atoms with Crippen LogP contribution in [0.2, 0.25) is 5.02 Å². The molecule has 0 atom stereocenters. The predicted octanol–water partition coefficient (Wildman–Crippen LogP) is 4.09. The van der Waals surface area contributed by atoms with E-state index in [1.54, 1.807) is 0 Å². The molecule has 108 valence electrons. The molecule has 3 rings (SSSR count). The number of halogens is 2. The molecule has 0 saturated heterocycles. The number of hydrogen-bond donors (Lipinski definition) is 2. The van der Waals surface area contributed by atoms with E-state index in [2.05, 4.69) is 10.6 Å². The molecule has 0 saturated carbocycles. The van der Waals surface area contributed by atoms with Gasteiger partial charge in [0.2, 0.25) is 0 Å². The Morgan fingerprint density at radius 2 is 2.14 bits per heavy atom. The third-order valence-electron chi connectivity index (χ3n) is 3.50. The molecule has 2 N–H and O–H groups in total. The molecule has 0 fully saturated rings. The van der Waals surface area contributed by atoms with Crippen LogP contribution >= 0.6 is 11.6 Å². The van der Waals surface area contributed by atoms with E-state index in [9.17, 15) is 9.18 Å². The van der Waals surface area contributed by atoms with Gasteiger partial charge in [-0.2, -0.15) is 0 Å². The number of fused-ring (bicyclic) bond motifs is 1. The molecule has 2 aromatic carbocycles. The van der Waals surface area contributed by atoms with E-state index in [1.807, 2.05) is 18.2 Å². The first kappa shape index (κ1) is 13.9. The van der Waals surface area contributed by atoms with Crippen LogP contribution in [0.15, 0.2) is 36.4 Å². The number of rotatable bonds is 2. The van der Waals surface area contributed by atoms with E-state index >= 15 is 0 Å². The van der Waals surface area contributed by atoms with Crippen LogP contribution in [0.25, 0.3) is 0 Å². The van der Waals surface area contributed by atoms with Gasteiger partial charge in [0, 0.05) is 17.9 Å². The normalized spacial score (nSPS) is 13.2. The lowest BCUT2D eigenvalue weighted by molar-refractivity contribution is 0.102. The molecule has 0 bridgehead atoms. The maximum Gasteiger partial charge on any atom is 0.257 e. The number of hydrogen-bond acceptors (Lipinski definition) is 2. The lowest BCUT2D eigenvalue weighted by atomic mass is 10.0. The molecule has 2 aromatic rings. The molecule has 3 nitrogen and oxygen atoms in total. The number of amides is 1. The van der Waals surface area contributed by atoms with E-state index in [0.29, 0.717) is 5.69 Å². The van der Waals surface area contributed by atoms with Crippen molar-refractivity contribution in [3.05, 3.63) is 58.4 Å². The van der Waals surface area contributed by atoms with Gasteiger partial charge in [-0.15, -0.1) is 0 Å². The minimum absolute atomic E-state index is 0.132. The number of benzene rings is 2. The van der Waals surface area contributed by atoms with Gasteiger partial charge < -0.3 is 10.6 Å². The van der Waals surface area contributed by atoms with Gasteiger partial charge in [0.15, 0.2) is 0 Å². The van der Waals surface area contributed by atoms with Gasteiger partial charge in [0.05, 0.1) is 10.6 Å². The molecular formula is C16H14ClFN2O. The summed E-state index contributed by atoms with van der Waals surface area (Å²) in [5.41, 5.74) is 3.09. The second-order valence-electron chi connectivity index (χ2n) is 4.96. The number of carbonyl (C=O) groups excluding carboxylic acids is 1. The molecule has 21 heavy (non-hydrogen) atoms. The molecule has 1 heterocycles. The van der Waals surface area contributed by atoms with Crippen LogP contribution in [0.4, 0.5) is 15.8 Å². The average Bonchev–Trinajstić information content (AvgIpc) is 2.50. The van der Waals surface area contributed by atoms with E-state index < -0.39 is 11.7 Å². The molecule has 0 aromatic heterocycles. The van der Waals surface area contributed by atoms with Crippen molar-refractivity contribution in [2.24, 2.45) is 0 Å². The molecule has 0 radical (unpaired) electrons. The van der Waals surface area contributed by atoms with Crippen molar-refractivity contribution in [3.63, 3.8) is 0 Å². The molecule has 5 heteroatoms. The quantitative estimate of drug-likeness (QED) is 0.877. The fraction of sp³-hybridized carbons (Fsp3) is 0.188. The topological polar surface area (TPSA) is 41.1 Å². The van der Waals surface area contributed by atoms with Crippen molar-refractivity contribution >= 4 is 28.9 Å². The lowest BCUT2D eigenvalue weighted by Gasteiger charge is -2.19. The zero-order chi connectivity index (χ0) is 14.8. The summed E-state index contributed by atoms with van der Waals surface area (Å²) in [5.74, 6) is -1.01. The van der Waals surface area contributed by atoms with Crippen LogP contribution < -0.4 is 10.6 Å². The lowest BCUT2D eigenvalue weighted by Crippen LogP contribution is -2.15. The zero-order valence-corrected chi connectivity index (χ0v) is 12.0. The van der Waals surface area contributed by atoms with Crippen LogP contribution in [0.5, 0.6) is 0 Å². The Morgan fingerprint density at radius 3 is 3.00 bits per heavy atom. The SMILES string of the molecule is O=C(Nc1ccc2c(c1)CCCN2)c1cccc(F)c1Cl. The van der Waals surface area contributed by atoms with Gasteiger partial charge in [-0.3, -0.25) is 4.79 Å². The van der Waals surface area contributed by atoms with E-state index in [1.165, 1.54) is 23.8 Å². The van der Waals surface area contributed by atoms with Crippen LogP contribution in [-0.4, -0.2) is 12.5 Å². The summed E-state index contributed by atoms with van der Waals surface area (Å²) in [7, 11) is 0.